The number of phenols is 1. The Morgan fingerprint density at radius 2 is 1.77 bits per heavy atom. The SMILES string of the molecule is Cc1cccc2nc(C(C)C)c(N=Nc3ccc(O)cc3)n12. The Morgan fingerprint density at radius 3 is 2.45 bits per heavy atom. The van der Waals surface area contributed by atoms with E-state index in [0.29, 0.717) is 5.69 Å². The lowest BCUT2D eigenvalue weighted by atomic mass is 10.1. The van der Waals surface area contributed by atoms with Crippen LogP contribution >= 0.6 is 0 Å². The number of benzene rings is 1. The Kier molecular flexibility index (Phi) is 3.63. The first kappa shape index (κ1) is 14.3. The second kappa shape index (κ2) is 5.60. The monoisotopic (exact) mass is 294 g/mol. The van der Waals surface area contributed by atoms with Gasteiger partial charge in [0.1, 0.15) is 11.4 Å². The van der Waals surface area contributed by atoms with Gasteiger partial charge >= 0.3 is 0 Å². The van der Waals surface area contributed by atoms with Gasteiger partial charge in [0.25, 0.3) is 0 Å². The number of nitrogens with zero attached hydrogens (tertiary/aromatic N) is 4. The predicted octanol–water partition coefficient (Wildman–Crippen LogP) is 4.89. The summed E-state index contributed by atoms with van der Waals surface area (Å²) in [5.74, 6) is 1.23. The molecule has 3 aromatic rings. The molecule has 2 aromatic heterocycles. The van der Waals surface area contributed by atoms with E-state index in [1.165, 1.54) is 0 Å². The number of rotatable bonds is 3. The van der Waals surface area contributed by atoms with Crippen LogP contribution in [0, 0.1) is 6.92 Å². The molecule has 0 saturated heterocycles. The quantitative estimate of drug-likeness (QED) is 0.699. The van der Waals surface area contributed by atoms with E-state index in [1.54, 1.807) is 24.3 Å². The van der Waals surface area contributed by atoms with Gasteiger partial charge in [-0.2, -0.15) is 0 Å². The Morgan fingerprint density at radius 1 is 1.05 bits per heavy atom. The maximum absolute atomic E-state index is 9.32. The number of aromatic nitrogens is 2. The molecular weight excluding hydrogens is 276 g/mol. The first-order valence-electron chi connectivity index (χ1n) is 7.25. The molecule has 5 nitrogen and oxygen atoms in total. The zero-order valence-electron chi connectivity index (χ0n) is 12.9. The van der Waals surface area contributed by atoms with Crippen molar-refractivity contribution in [3.63, 3.8) is 0 Å². The molecule has 0 atom stereocenters. The highest BCUT2D eigenvalue weighted by Crippen LogP contribution is 2.30. The van der Waals surface area contributed by atoms with Gasteiger partial charge in [0.2, 0.25) is 0 Å². The number of aromatic hydroxyl groups is 1. The minimum absolute atomic E-state index is 0.215. The molecule has 0 amide bonds. The third-order valence-electron chi connectivity index (χ3n) is 3.50. The number of hydrogen-bond donors (Lipinski definition) is 1. The van der Waals surface area contributed by atoms with E-state index in [2.05, 4.69) is 29.1 Å². The lowest BCUT2D eigenvalue weighted by Crippen LogP contribution is -1.90. The van der Waals surface area contributed by atoms with Crippen LogP contribution in [0.1, 0.15) is 31.2 Å². The molecule has 22 heavy (non-hydrogen) atoms. The Hall–Kier alpha value is -2.69. The minimum Gasteiger partial charge on any atom is -0.508 e. The maximum Gasteiger partial charge on any atom is 0.183 e. The highest BCUT2D eigenvalue weighted by molar-refractivity contribution is 5.54. The van der Waals surface area contributed by atoms with E-state index < -0.39 is 0 Å². The van der Waals surface area contributed by atoms with Crippen LogP contribution in [-0.4, -0.2) is 14.5 Å². The van der Waals surface area contributed by atoms with Crippen LogP contribution < -0.4 is 0 Å². The Bertz CT molecular complexity index is 832. The van der Waals surface area contributed by atoms with Crippen LogP contribution in [0.25, 0.3) is 5.65 Å². The van der Waals surface area contributed by atoms with E-state index >= 15 is 0 Å². The van der Waals surface area contributed by atoms with E-state index in [-0.39, 0.29) is 11.7 Å². The molecule has 0 radical (unpaired) electrons. The number of phenolic OH excluding ortho intramolecular Hbond substituents is 1. The van der Waals surface area contributed by atoms with Gasteiger partial charge in [-0.15, -0.1) is 10.2 Å². The van der Waals surface area contributed by atoms with Gasteiger partial charge in [0.05, 0.1) is 11.4 Å². The Balaban J connectivity index is 2.12. The van der Waals surface area contributed by atoms with Crippen molar-refractivity contribution in [2.24, 2.45) is 10.2 Å². The largest absolute Gasteiger partial charge is 0.508 e. The van der Waals surface area contributed by atoms with Gasteiger partial charge in [-0.05, 0) is 49.2 Å². The summed E-state index contributed by atoms with van der Waals surface area (Å²) in [6.07, 6.45) is 0. The molecule has 0 unspecified atom stereocenters. The third kappa shape index (κ3) is 2.57. The van der Waals surface area contributed by atoms with E-state index in [1.807, 2.05) is 29.5 Å². The van der Waals surface area contributed by atoms with Crippen molar-refractivity contribution in [2.45, 2.75) is 26.7 Å². The highest BCUT2D eigenvalue weighted by Gasteiger charge is 2.15. The maximum atomic E-state index is 9.32. The summed E-state index contributed by atoms with van der Waals surface area (Å²) in [7, 11) is 0. The van der Waals surface area contributed by atoms with Crippen LogP contribution in [0.3, 0.4) is 0 Å². The molecule has 0 fully saturated rings. The predicted molar refractivity (Wildman–Crippen MR) is 86.3 cm³/mol. The number of pyridine rings is 1. The van der Waals surface area contributed by atoms with Crippen molar-refractivity contribution >= 4 is 17.2 Å². The van der Waals surface area contributed by atoms with E-state index in [4.69, 9.17) is 0 Å². The first-order valence-corrected chi connectivity index (χ1v) is 7.25. The molecule has 1 aromatic carbocycles. The number of imidazole rings is 1. The van der Waals surface area contributed by atoms with Crippen LogP contribution in [-0.2, 0) is 0 Å². The van der Waals surface area contributed by atoms with Gasteiger partial charge in [-0.3, -0.25) is 4.40 Å². The molecule has 0 aliphatic rings. The molecule has 0 aliphatic carbocycles. The zero-order chi connectivity index (χ0) is 15.7. The molecule has 0 bridgehead atoms. The number of azo groups is 1. The summed E-state index contributed by atoms with van der Waals surface area (Å²) in [4.78, 5) is 4.67. The molecule has 2 heterocycles. The summed E-state index contributed by atoms with van der Waals surface area (Å²) in [6.45, 7) is 6.21. The van der Waals surface area contributed by atoms with Gasteiger partial charge in [-0.25, -0.2) is 4.98 Å². The van der Waals surface area contributed by atoms with Crippen LogP contribution in [0.2, 0.25) is 0 Å². The molecule has 3 rings (SSSR count). The first-order chi connectivity index (χ1) is 10.6. The zero-order valence-corrected chi connectivity index (χ0v) is 12.9. The summed E-state index contributed by atoms with van der Waals surface area (Å²) < 4.78 is 2.01. The van der Waals surface area contributed by atoms with Gasteiger partial charge in [0.15, 0.2) is 5.82 Å². The second-order valence-corrected chi connectivity index (χ2v) is 5.55. The summed E-state index contributed by atoms with van der Waals surface area (Å²) in [5.41, 5.74) is 3.56. The van der Waals surface area contributed by atoms with Gasteiger partial charge in [0, 0.05) is 5.69 Å². The minimum atomic E-state index is 0.215. The number of fused-ring (bicyclic) bond motifs is 1. The average Bonchev–Trinajstić information content (AvgIpc) is 2.87. The molecule has 1 N–H and O–H groups in total. The molecule has 112 valence electrons. The van der Waals surface area contributed by atoms with Crippen molar-refractivity contribution in [1.29, 1.82) is 0 Å². The molecule has 0 spiro atoms. The molecule has 0 saturated carbocycles. The van der Waals surface area contributed by atoms with Crippen LogP contribution in [0.5, 0.6) is 5.75 Å². The number of hydrogen-bond acceptors (Lipinski definition) is 4. The normalized spacial score (nSPS) is 11.8. The second-order valence-electron chi connectivity index (χ2n) is 5.55. The van der Waals surface area contributed by atoms with Crippen molar-refractivity contribution in [3.05, 3.63) is 53.9 Å². The van der Waals surface area contributed by atoms with E-state index in [0.717, 1.165) is 22.9 Å². The number of aryl methyl sites for hydroxylation is 1. The lowest BCUT2D eigenvalue weighted by molar-refractivity contribution is 0.475. The smallest absolute Gasteiger partial charge is 0.183 e. The summed E-state index contributed by atoms with van der Waals surface area (Å²) in [6, 6.07) is 12.6. The Labute approximate surface area is 129 Å². The molecular formula is C17H18N4O. The van der Waals surface area contributed by atoms with Crippen molar-refractivity contribution in [3.8, 4) is 5.75 Å². The average molecular weight is 294 g/mol. The van der Waals surface area contributed by atoms with Crippen molar-refractivity contribution in [2.75, 3.05) is 0 Å². The van der Waals surface area contributed by atoms with Gasteiger partial charge < -0.3 is 5.11 Å². The van der Waals surface area contributed by atoms with Crippen molar-refractivity contribution < 1.29 is 5.11 Å². The fraction of sp³-hybridized carbons (Fsp3) is 0.235. The molecule has 0 aliphatic heterocycles. The summed E-state index contributed by atoms with van der Waals surface area (Å²) in [5, 5.41) is 18.0. The van der Waals surface area contributed by atoms with Crippen molar-refractivity contribution in [1.82, 2.24) is 9.38 Å². The fourth-order valence-electron chi connectivity index (χ4n) is 2.36. The third-order valence-corrected chi connectivity index (χ3v) is 3.50. The fourth-order valence-corrected chi connectivity index (χ4v) is 2.36. The van der Waals surface area contributed by atoms with Gasteiger partial charge in [-0.1, -0.05) is 19.9 Å². The summed E-state index contributed by atoms with van der Waals surface area (Å²) >= 11 is 0. The van der Waals surface area contributed by atoms with E-state index in [9.17, 15) is 5.11 Å². The standard InChI is InChI=1S/C17H18N4O/c1-11(2)16-17(20-19-13-7-9-14(22)10-8-13)21-12(3)5-4-6-15(21)18-16/h4-11,22H,1-3H3. The lowest BCUT2D eigenvalue weighted by Gasteiger charge is -2.03. The molecule has 5 heteroatoms. The van der Waals surface area contributed by atoms with Crippen LogP contribution in [0.15, 0.2) is 52.7 Å². The van der Waals surface area contributed by atoms with Crippen LogP contribution in [0.4, 0.5) is 11.5 Å². The highest BCUT2D eigenvalue weighted by atomic mass is 16.3. The topological polar surface area (TPSA) is 62.2 Å².